The Morgan fingerprint density at radius 2 is 1.64 bits per heavy atom. The number of methoxy groups -OCH3 is 3. The molecule has 1 aromatic carbocycles. The zero-order valence-corrected chi connectivity index (χ0v) is 13.7. The van der Waals surface area contributed by atoms with E-state index in [0.717, 1.165) is 12.3 Å². The van der Waals surface area contributed by atoms with Crippen molar-refractivity contribution < 1.29 is 27.4 Å². The van der Waals surface area contributed by atoms with E-state index in [1.807, 2.05) is 0 Å². The Hall–Kier alpha value is -2.97. The third-order valence-electron chi connectivity index (χ3n) is 3.21. The number of hydrogen-bond donors (Lipinski definition) is 1. The Balaban J connectivity index is 2.16. The molecule has 0 unspecified atom stereocenters. The normalized spacial score (nSPS) is 11.4. The number of hydrogen-bond acceptors (Lipinski definition) is 6. The molecule has 9 heteroatoms. The maximum absolute atomic E-state index is 12.5. The number of aromatic nitrogens is 1. The quantitative estimate of drug-likeness (QED) is 0.634. The number of nitrogens with zero attached hydrogens (tertiary/aromatic N) is 2. The minimum absolute atomic E-state index is 0.170. The van der Waals surface area contributed by atoms with Gasteiger partial charge in [0, 0.05) is 17.8 Å². The highest BCUT2D eigenvalue weighted by Crippen LogP contribution is 2.33. The largest absolute Gasteiger partial charge is 0.496 e. The maximum atomic E-state index is 12.5. The van der Waals surface area contributed by atoms with Crippen LogP contribution in [0, 0.1) is 0 Å². The summed E-state index contributed by atoms with van der Waals surface area (Å²) in [6.45, 7) is 0. The molecule has 0 fully saturated rings. The molecular weight excluding hydrogens is 339 g/mol. The van der Waals surface area contributed by atoms with E-state index in [0.29, 0.717) is 22.8 Å². The summed E-state index contributed by atoms with van der Waals surface area (Å²) in [6.07, 6.45) is -2.27. The number of rotatable bonds is 6. The highest BCUT2D eigenvalue weighted by atomic mass is 19.4. The van der Waals surface area contributed by atoms with Crippen molar-refractivity contribution in [1.82, 2.24) is 4.98 Å². The molecule has 1 aromatic heterocycles. The van der Waals surface area contributed by atoms with Crippen molar-refractivity contribution in [2.75, 3.05) is 26.8 Å². The lowest BCUT2D eigenvalue weighted by Gasteiger charge is -2.11. The molecule has 2 rings (SSSR count). The van der Waals surface area contributed by atoms with Crippen molar-refractivity contribution in [2.24, 2.45) is 5.10 Å². The molecule has 0 amide bonds. The fourth-order valence-corrected chi connectivity index (χ4v) is 1.95. The lowest BCUT2D eigenvalue weighted by Crippen LogP contribution is -2.05. The zero-order chi connectivity index (χ0) is 18.4. The average Bonchev–Trinajstić information content (AvgIpc) is 2.60. The third-order valence-corrected chi connectivity index (χ3v) is 3.21. The van der Waals surface area contributed by atoms with Crippen LogP contribution in [0.15, 0.2) is 35.6 Å². The summed E-state index contributed by atoms with van der Waals surface area (Å²) >= 11 is 0. The summed E-state index contributed by atoms with van der Waals surface area (Å²) in [7, 11) is 4.49. The van der Waals surface area contributed by atoms with Gasteiger partial charge in [-0.3, -0.25) is 5.43 Å². The number of pyridine rings is 1. The summed E-state index contributed by atoms with van der Waals surface area (Å²) in [5.41, 5.74) is 2.31. The Labute approximate surface area is 142 Å². The van der Waals surface area contributed by atoms with Crippen LogP contribution in [0.3, 0.4) is 0 Å². The molecule has 134 valence electrons. The lowest BCUT2D eigenvalue weighted by molar-refractivity contribution is -0.137. The first-order valence-electron chi connectivity index (χ1n) is 7.01. The second kappa shape index (κ2) is 7.73. The third kappa shape index (κ3) is 4.52. The molecule has 0 radical (unpaired) electrons. The van der Waals surface area contributed by atoms with Crippen LogP contribution in [-0.4, -0.2) is 32.5 Å². The van der Waals surface area contributed by atoms with Crippen molar-refractivity contribution in [1.29, 1.82) is 0 Å². The van der Waals surface area contributed by atoms with Crippen LogP contribution in [0.1, 0.15) is 11.1 Å². The van der Waals surface area contributed by atoms with Gasteiger partial charge in [0.25, 0.3) is 0 Å². The molecule has 2 aromatic rings. The van der Waals surface area contributed by atoms with Gasteiger partial charge in [0.15, 0.2) is 11.5 Å². The van der Waals surface area contributed by atoms with Crippen LogP contribution in [0.5, 0.6) is 17.2 Å². The van der Waals surface area contributed by atoms with E-state index in [1.165, 1.54) is 33.6 Å². The molecule has 25 heavy (non-hydrogen) atoms. The van der Waals surface area contributed by atoms with E-state index in [4.69, 9.17) is 14.2 Å². The average molecular weight is 355 g/mol. The minimum Gasteiger partial charge on any atom is -0.496 e. The summed E-state index contributed by atoms with van der Waals surface area (Å²) in [6, 6.07) is 5.40. The standard InChI is InChI=1S/C16H16F3N3O3/c1-23-12-7-14(25-3)13(24-2)6-10(12)8-21-22-15-5-4-11(9-20-15)16(17,18)19/h4-9H,1-3H3,(H,20,22)/b21-8+. The zero-order valence-electron chi connectivity index (χ0n) is 13.7. The second-order valence-corrected chi connectivity index (χ2v) is 4.75. The van der Waals surface area contributed by atoms with E-state index in [-0.39, 0.29) is 5.82 Å². The van der Waals surface area contributed by atoms with E-state index in [9.17, 15) is 13.2 Å². The van der Waals surface area contributed by atoms with Crippen molar-refractivity contribution in [2.45, 2.75) is 6.18 Å². The van der Waals surface area contributed by atoms with E-state index < -0.39 is 11.7 Å². The molecule has 0 bridgehead atoms. The molecule has 0 saturated heterocycles. The predicted octanol–water partition coefficient (Wildman–Crippen LogP) is 3.57. The summed E-state index contributed by atoms with van der Waals surface area (Å²) in [4.78, 5) is 3.66. The molecule has 6 nitrogen and oxygen atoms in total. The van der Waals surface area contributed by atoms with Gasteiger partial charge in [-0.2, -0.15) is 18.3 Å². The molecule has 0 saturated carbocycles. The van der Waals surface area contributed by atoms with Crippen LogP contribution in [0.4, 0.5) is 19.0 Å². The second-order valence-electron chi connectivity index (χ2n) is 4.75. The van der Waals surface area contributed by atoms with Gasteiger partial charge >= 0.3 is 6.18 Å². The lowest BCUT2D eigenvalue weighted by atomic mass is 10.2. The van der Waals surface area contributed by atoms with Gasteiger partial charge in [-0.25, -0.2) is 4.98 Å². The SMILES string of the molecule is COc1cc(OC)c(OC)cc1/C=N/Nc1ccc(C(F)(F)F)cn1. The Morgan fingerprint density at radius 1 is 1.00 bits per heavy atom. The van der Waals surface area contributed by atoms with Crippen LogP contribution in [0.25, 0.3) is 0 Å². The first-order valence-corrected chi connectivity index (χ1v) is 7.01. The molecule has 0 aliphatic heterocycles. The number of halogens is 3. The first-order chi connectivity index (χ1) is 11.9. The summed E-state index contributed by atoms with van der Waals surface area (Å²) in [5.74, 6) is 1.64. The number of hydrazone groups is 1. The molecule has 1 heterocycles. The number of benzene rings is 1. The van der Waals surface area contributed by atoms with Crippen molar-refractivity contribution in [3.8, 4) is 17.2 Å². The number of alkyl halides is 3. The van der Waals surface area contributed by atoms with Crippen LogP contribution in [-0.2, 0) is 6.18 Å². The van der Waals surface area contributed by atoms with Gasteiger partial charge in [-0.1, -0.05) is 0 Å². The van der Waals surface area contributed by atoms with E-state index in [2.05, 4.69) is 15.5 Å². The van der Waals surface area contributed by atoms with Crippen LogP contribution >= 0.6 is 0 Å². The maximum Gasteiger partial charge on any atom is 0.417 e. The smallest absolute Gasteiger partial charge is 0.417 e. The van der Waals surface area contributed by atoms with Gasteiger partial charge in [-0.15, -0.1) is 0 Å². The van der Waals surface area contributed by atoms with E-state index in [1.54, 1.807) is 12.1 Å². The Bertz CT molecular complexity index is 747. The Kier molecular flexibility index (Phi) is 5.68. The van der Waals surface area contributed by atoms with Gasteiger partial charge in [-0.05, 0) is 18.2 Å². The number of anilines is 1. The molecule has 0 spiro atoms. The van der Waals surface area contributed by atoms with Gasteiger partial charge in [0.2, 0.25) is 0 Å². The summed E-state index contributed by atoms with van der Waals surface area (Å²) < 4.78 is 53.1. The predicted molar refractivity (Wildman–Crippen MR) is 86.6 cm³/mol. The highest BCUT2D eigenvalue weighted by molar-refractivity contribution is 5.85. The fraction of sp³-hybridized carbons (Fsp3) is 0.250. The van der Waals surface area contributed by atoms with Crippen LogP contribution < -0.4 is 19.6 Å². The monoisotopic (exact) mass is 355 g/mol. The van der Waals surface area contributed by atoms with Gasteiger partial charge < -0.3 is 14.2 Å². The molecule has 0 aliphatic carbocycles. The summed E-state index contributed by atoms with van der Waals surface area (Å²) in [5, 5.41) is 3.95. The van der Waals surface area contributed by atoms with Gasteiger partial charge in [0.05, 0.1) is 33.1 Å². The van der Waals surface area contributed by atoms with Gasteiger partial charge in [0.1, 0.15) is 11.6 Å². The minimum atomic E-state index is -4.43. The topological polar surface area (TPSA) is 65.0 Å². The number of ether oxygens (including phenoxy) is 3. The van der Waals surface area contributed by atoms with Crippen LogP contribution in [0.2, 0.25) is 0 Å². The van der Waals surface area contributed by atoms with E-state index >= 15 is 0 Å². The molecular formula is C16H16F3N3O3. The number of nitrogens with one attached hydrogen (secondary N) is 1. The van der Waals surface area contributed by atoms with Crippen molar-refractivity contribution >= 4 is 12.0 Å². The molecule has 1 N–H and O–H groups in total. The first kappa shape index (κ1) is 18.4. The Morgan fingerprint density at radius 3 is 2.16 bits per heavy atom. The molecule has 0 atom stereocenters. The molecule has 0 aliphatic rings. The van der Waals surface area contributed by atoms with Crippen molar-refractivity contribution in [3.05, 3.63) is 41.6 Å². The fourth-order valence-electron chi connectivity index (χ4n) is 1.95. The van der Waals surface area contributed by atoms with Crippen molar-refractivity contribution in [3.63, 3.8) is 0 Å². The highest BCUT2D eigenvalue weighted by Gasteiger charge is 2.30.